The second-order valence-electron chi connectivity index (χ2n) is 3.24. The Morgan fingerprint density at radius 1 is 1.25 bits per heavy atom. The average Bonchev–Trinajstić information content (AvgIpc) is 2.83. The quantitative estimate of drug-likeness (QED) is 0.590. The molecule has 2 rings (SSSR count). The lowest BCUT2D eigenvalue weighted by Crippen LogP contribution is -2.17. The minimum Gasteiger partial charge on any atom is -0.340 e. The molecule has 2 heterocycles. The maximum atomic E-state index is 4.24. The van der Waals surface area contributed by atoms with E-state index in [9.17, 15) is 0 Å². The molecule has 16 heavy (non-hydrogen) atoms. The van der Waals surface area contributed by atoms with Crippen LogP contribution >= 0.6 is 11.8 Å². The Balaban J connectivity index is 1.59. The molecule has 0 radical (unpaired) electrons. The Hall–Kier alpha value is -1.33. The number of pyridine rings is 1. The zero-order chi connectivity index (χ0) is 11.1. The number of hydrogen-bond acceptors (Lipinski definition) is 4. The number of thioether (sulfide) groups is 1. The standard InChI is InChI=1S/C11H14N4S/c1-2-4-13-10(3-1)9-12-7-8-16-11-14-5-6-15-11/h1-6,12H,7-9H2,(H,14,15). The van der Waals surface area contributed by atoms with Crippen molar-refractivity contribution in [2.45, 2.75) is 11.7 Å². The Bertz CT molecular complexity index is 388. The Morgan fingerprint density at radius 3 is 3.00 bits per heavy atom. The molecule has 0 spiro atoms. The summed E-state index contributed by atoms with van der Waals surface area (Å²) in [4.78, 5) is 11.4. The molecular weight excluding hydrogens is 220 g/mol. The third-order valence-electron chi connectivity index (χ3n) is 2.02. The minimum absolute atomic E-state index is 0.819. The molecule has 0 aliphatic heterocycles. The number of aromatic amines is 1. The fourth-order valence-electron chi connectivity index (χ4n) is 1.27. The normalized spacial score (nSPS) is 10.5. The second kappa shape index (κ2) is 6.30. The molecule has 0 fully saturated rings. The summed E-state index contributed by atoms with van der Waals surface area (Å²) < 4.78 is 0. The molecule has 2 N–H and O–H groups in total. The van der Waals surface area contributed by atoms with Crippen molar-refractivity contribution in [2.75, 3.05) is 12.3 Å². The molecule has 0 saturated heterocycles. The van der Waals surface area contributed by atoms with Gasteiger partial charge in [-0.05, 0) is 12.1 Å². The van der Waals surface area contributed by atoms with Crippen LogP contribution in [-0.4, -0.2) is 27.2 Å². The first-order chi connectivity index (χ1) is 7.95. The van der Waals surface area contributed by atoms with Crippen molar-refractivity contribution in [3.63, 3.8) is 0 Å². The maximum absolute atomic E-state index is 4.24. The van der Waals surface area contributed by atoms with E-state index < -0.39 is 0 Å². The van der Waals surface area contributed by atoms with Crippen LogP contribution in [0.5, 0.6) is 0 Å². The van der Waals surface area contributed by atoms with Gasteiger partial charge in [-0.25, -0.2) is 4.98 Å². The highest BCUT2D eigenvalue weighted by molar-refractivity contribution is 7.99. The third kappa shape index (κ3) is 3.67. The van der Waals surface area contributed by atoms with E-state index in [4.69, 9.17) is 0 Å². The van der Waals surface area contributed by atoms with E-state index in [0.29, 0.717) is 0 Å². The Labute approximate surface area is 98.9 Å². The SMILES string of the molecule is c1ccc(CNCCSc2ncc[nH]2)nc1. The van der Waals surface area contributed by atoms with Crippen LogP contribution in [-0.2, 0) is 6.54 Å². The molecule has 0 atom stereocenters. The summed E-state index contributed by atoms with van der Waals surface area (Å²) in [6.07, 6.45) is 5.42. The van der Waals surface area contributed by atoms with E-state index >= 15 is 0 Å². The van der Waals surface area contributed by atoms with Gasteiger partial charge in [0.25, 0.3) is 0 Å². The number of aromatic nitrogens is 3. The molecule has 84 valence electrons. The zero-order valence-corrected chi connectivity index (χ0v) is 9.70. The summed E-state index contributed by atoms with van der Waals surface area (Å²) in [5.74, 6) is 1.00. The summed E-state index contributed by atoms with van der Waals surface area (Å²) in [5, 5.41) is 4.31. The van der Waals surface area contributed by atoms with Crippen LogP contribution in [0.1, 0.15) is 5.69 Å². The van der Waals surface area contributed by atoms with E-state index in [0.717, 1.165) is 29.7 Å². The van der Waals surface area contributed by atoms with Gasteiger partial charge < -0.3 is 10.3 Å². The largest absolute Gasteiger partial charge is 0.340 e. The first-order valence-electron chi connectivity index (χ1n) is 5.18. The van der Waals surface area contributed by atoms with Crippen molar-refractivity contribution in [3.05, 3.63) is 42.5 Å². The molecule has 5 heteroatoms. The van der Waals surface area contributed by atoms with E-state index in [2.05, 4.69) is 20.3 Å². The van der Waals surface area contributed by atoms with Gasteiger partial charge in [-0.15, -0.1) is 0 Å². The summed E-state index contributed by atoms with van der Waals surface area (Å²) >= 11 is 1.71. The molecule has 0 aliphatic rings. The summed E-state index contributed by atoms with van der Waals surface area (Å²) in [5.41, 5.74) is 1.07. The van der Waals surface area contributed by atoms with Gasteiger partial charge in [-0.2, -0.15) is 0 Å². The fourth-order valence-corrected chi connectivity index (χ4v) is 2.00. The summed E-state index contributed by atoms with van der Waals surface area (Å²) in [7, 11) is 0. The van der Waals surface area contributed by atoms with E-state index in [1.54, 1.807) is 18.0 Å². The first-order valence-corrected chi connectivity index (χ1v) is 6.16. The van der Waals surface area contributed by atoms with Crippen molar-refractivity contribution in [2.24, 2.45) is 0 Å². The molecular formula is C11H14N4S. The number of hydrogen-bond donors (Lipinski definition) is 2. The van der Waals surface area contributed by atoms with Crippen LogP contribution in [0.2, 0.25) is 0 Å². The highest BCUT2D eigenvalue weighted by atomic mass is 32.2. The average molecular weight is 234 g/mol. The highest BCUT2D eigenvalue weighted by Crippen LogP contribution is 2.09. The van der Waals surface area contributed by atoms with Gasteiger partial charge in [0.05, 0.1) is 5.69 Å². The second-order valence-corrected chi connectivity index (χ2v) is 4.32. The van der Waals surface area contributed by atoms with Crippen LogP contribution in [0.3, 0.4) is 0 Å². The molecule has 0 aromatic carbocycles. The number of nitrogens with zero attached hydrogens (tertiary/aromatic N) is 2. The minimum atomic E-state index is 0.819. The van der Waals surface area contributed by atoms with Crippen LogP contribution in [0.4, 0.5) is 0 Å². The maximum Gasteiger partial charge on any atom is 0.165 e. The van der Waals surface area contributed by atoms with E-state index in [-0.39, 0.29) is 0 Å². The van der Waals surface area contributed by atoms with Gasteiger partial charge in [0, 0.05) is 37.4 Å². The van der Waals surface area contributed by atoms with E-state index in [1.165, 1.54) is 0 Å². The highest BCUT2D eigenvalue weighted by Gasteiger charge is 1.95. The topological polar surface area (TPSA) is 53.6 Å². The van der Waals surface area contributed by atoms with E-state index in [1.807, 2.05) is 30.6 Å². The molecule has 2 aromatic rings. The van der Waals surface area contributed by atoms with Crippen molar-refractivity contribution in [1.82, 2.24) is 20.3 Å². The Morgan fingerprint density at radius 2 is 2.25 bits per heavy atom. The zero-order valence-electron chi connectivity index (χ0n) is 8.89. The molecule has 0 unspecified atom stereocenters. The van der Waals surface area contributed by atoms with Crippen LogP contribution < -0.4 is 5.32 Å². The lowest BCUT2D eigenvalue weighted by Gasteiger charge is -2.02. The summed E-state index contributed by atoms with van der Waals surface area (Å²) in [6.45, 7) is 1.77. The van der Waals surface area contributed by atoms with Gasteiger partial charge in [-0.3, -0.25) is 4.98 Å². The van der Waals surface area contributed by atoms with Gasteiger partial charge in [0.1, 0.15) is 0 Å². The molecule has 4 nitrogen and oxygen atoms in total. The van der Waals surface area contributed by atoms with Gasteiger partial charge in [0.2, 0.25) is 0 Å². The van der Waals surface area contributed by atoms with Crippen LogP contribution in [0, 0.1) is 0 Å². The molecule has 0 amide bonds. The lowest BCUT2D eigenvalue weighted by molar-refractivity contribution is 0.715. The lowest BCUT2D eigenvalue weighted by atomic mass is 10.3. The fraction of sp³-hybridized carbons (Fsp3) is 0.273. The predicted molar refractivity (Wildman–Crippen MR) is 65.3 cm³/mol. The number of imidazole rings is 1. The van der Waals surface area contributed by atoms with Gasteiger partial charge >= 0.3 is 0 Å². The van der Waals surface area contributed by atoms with Crippen LogP contribution in [0.25, 0.3) is 0 Å². The molecule has 2 aromatic heterocycles. The first kappa shape index (κ1) is 11.2. The summed E-state index contributed by atoms with van der Waals surface area (Å²) in [6, 6.07) is 5.95. The number of H-pyrrole nitrogens is 1. The monoisotopic (exact) mass is 234 g/mol. The van der Waals surface area contributed by atoms with Gasteiger partial charge in [-0.1, -0.05) is 17.8 Å². The van der Waals surface area contributed by atoms with Crippen LogP contribution in [0.15, 0.2) is 41.9 Å². The van der Waals surface area contributed by atoms with Gasteiger partial charge in [0.15, 0.2) is 5.16 Å². The van der Waals surface area contributed by atoms with Crippen molar-refractivity contribution < 1.29 is 0 Å². The van der Waals surface area contributed by atoms with Crippen molar-refractivity contribution >= 4 is 11.8 Å². The third-order valence-corrected chi connectivity index (χ3v) is 2.93. The number of rotatable bonds is 6. The Kier molecular flexibility index (Phi) is 4.39. The molecule has 0 bridgehead atoms. The predicted octanol–water partition coefficient (Wildman–Crippen LogP) is 1.69. The molecule has 0 aliphatic carbocycles. The van der Waals surface area contributed by atoms with Crippen molar-refractivity contribution in [1.29, 1.82) is 0 Å². The number of nitrogens with one attached hydrogen (secondary N) is 2. The van der Waals surface area contributed by atoms with Crippen molar-refractivity contribution in [3.8, 4) is 0 Å². The smallest absolute Gasteiger partial charge is 0.165 e. The molecule has 0 saturated carbocycles.